The first kappa shape index (κ1) is 13.7. The van der Waals surface area contributed by atoms with Crippen molar-refractivity contribution in [3.63, 3.8) is 0 Å². The SMILES string of the molecule is C[C@@H](NC1CSCCC1(C)C)C1CCCCC1. The molecule has 2 heteroatoms. The minimum atomic E-state index is 0.494. The summed E-state index contributed by atoms with van der Waals surface area (Å²) in [6.45, 7) is 7.31. The lowest BCUT2D eigenvalue weighted by molar-refractivity contribution is 0.192. The summed E-state index contributed by atoms with van der Waals surface area (Å²) in [5.41, 5.74) is 0.494. The van der Waals surface area contributed by atoms with E-state index in [2.05, 4.69) is 37.8 Å². The number of hydrogen-bond acceptors (Lipinski definition) is 2. The second-order valence-corrected chi connectivity index (χ2v) is 7.87. The topological polar surface area (TPSA) is 12.0 Å². The Morgan fingerprint density at radius 2 is 1.88 bits per heavy atom. The van der Waals surface area contributed by atoms with E-state index in [4.69, 9.17) is 0 Å². The van der Waals surface area contributed by atoms with Gasteiger partial charge in [0.25, 0.3) is 0 Å². The molecule has 1 N–H and O–H groups in total. The lowest BCUT2D eigenvalue weighted by Crippen LogP contribution is -2.51. The zero-order valence-corrected chi connectivity index (χ0v) is 12.6. The molecular weight excluding hydrogens is 226 g/mol. The van der Waals surface area contributed by atoms with Crippen molar-refractivity contribution < 1.29 is 0 Å². The van der Waals surface area contributed by atoms with E-state index in [1.807, 2.05) is 0 Å². The Labute approximate surface area is 112 Å². The summed E-state index contributed by atoms with van der Waals surface area (Å²) in [6.07, 6.45) is 8.66. The highest BCUT2D eigenvalue weighted by Gasteiger charge is 2.34. The van der Waals surface area contributed by atoms with E-state index < -0.39 is 0 Å². The maximum Gasteiger partial charge on any atom is 0.0212 e. The maximum absolute atomic E-state index is 3.96. The third-order valence-corrected chi connectivity index (χ3v) is 6.00. The lowest BCUT2D eigenvalue weighted by atomic mass is 9.80. The van der Waals surface area contributed by atoms with E-state index in [1.54, 1.807) is 0 Å². The summed E-state index contributed by atoms with van der Waals surface area (Å²) in [6, 6.07) is 1.44. The Bertz CT molecular complexity index is 233. The molecule has 1 nitrogen and oxygen atoms in total. The fourth-order valence-electron chi connectivity index (χ4n) is 3.30. The Kier molecular flexibility index (Phi) is 4.82. The highest BCUT2D eigenvalue weighted by atomic mass is 32.2. The molecule has 0 aromatic heterocycles. The van der Waals surface area contributed by atoms with Gasteiger partial charge in [0.15, 0.2) is 0 Å². The smallest absolute Gasteiger partial charge is 0.0212 e. The summed E-state index contributed by atoms with van der Waals surface area (Å²) in [4.78, 5) is 0. The molecule has 2 rings (SSSR count). The zero-order chi connectivity index (χ0) is 12.3. The van der Waals surface area contributed by atoms with Gasteiger partial charge >= 0.3 is 0 Å². The Morgan fingerprint density at radius 3 is 2.53 bits per heavy atom. The van der Waals surface area contributed by atoms with Crippen LogP contribution in [0.15, 0.2) is 0 Å². The van der Waals surface area contributed by atoms with Gasteiger partial charge in [-0.1, -0.05) is 33.1 Å². The van der Waals surface area contributed by atoms with Crippen molar-refractivity contribution in [2.45, 2.75) is 71.4 Å². The molecule has 100 valence electrons. The molecule has 2 aliphatic rings. The highest BCUT2D eigenvalue weighted by Crippen LogP contribution is 2.35. The van der Waals surface area contributed by atoms with Gasteiger partial charge in [-0.05, 0) is 43.3 Å². The van der Waals surface area contributed by atoms with Crippen LogP contribution >= 0.6 is 11.8 Å². The first-order valence-corrected chi connectivity index (χ1v) is 8.59. The van der Waals surface area contributed by atoms with E-state index >= 15 is 0 Å². The fraction of sp³-hybridized carbons (Fsp3) is 1.00. The molecule has 0 aromatic rings. The molecule has 0 aromatic carbocycles. The van der Waals surface area contributed by atoms with Gasteiger partial charge in [0.05, 0.1) is 0 Å². The van der Waals surface area contributed by atoms with E-state index in [0.29, 0.717) is 5.41 Å². The monoisotopic (exact) mass is 255 g/mol. The molecule has 0 bridgehead atoms. The van der Waals surface area contributed by atoms with Crippen LogP contribution in [0.3, 0.4) is 0 Å². The van der Waals surface area contributed by atoms with Gasteiger partial charge in [-0.3, -0.25) is 0 Å². The molecule has 17 heavy (non-hydrogen) atoms. The van der Waals surface area contributed by atoms with Gasteiger partial charge in [-0.2, -0.15) is 11.8 Å². The lowest BCUT2D eigenvalue weighted by Gasteiger charge is -2.42. The van der Waals surface area contributed by atoms with Crippen LogP contribution in [0, 0.1) is 11.3 Å². The van der Waals surface area contributed by atoms with Gasteiger partial charge in [0, 0.05) is 17.8 Å². The molecule has 1 aliphatic carbocycles. The average molecular weight is 255 g/mol. The Morgan fingerprint density at radius 1 is 1.18 bits per heavy atom. The predicted molar refractivity (Wildman–Crippen MR) is 78.7 cm³/mol. The largest absolute Gasteiger partial charge is 0.310 e. The van der Waals surface area contributed by atoms with E-state index in [-0.39, 0.29) is 0 Å². The van der Waals surface area contributed by atoms with Crippen LogP contribution < -0.4 is 5.32 Å². The van der Waals surface area contributed by atoms with Gasteiger partial charge in [0.2, 0.25) is 0 Å². The van der Waals surface area contributed by atoms with Gasteiger partial charge in [0.1, 0.15) is 0 Å². The normalized spacial score (nSPS) is 32.3. The minimum absolute atomic E-state index is 0.494. The maximum atomic E-state index is 3.96. The summed E-state index contributed by atoms with van der Waals surface area (Å²) >= 11 is 2.13. The van der Waals surface area contributed by atoms with Crippen molar-refractivity contribution in [2.24, 2.45) is 11.3 Å². The standard InChI is InChI=1S/C15H29NS/c1-12(13-7-5-4-6-8-13)16-14-11-17-10-9-15(14,2)3/h12-14,16H,4-11H2,1-3H3/t12-,14?/m1/s1. The minimum Gasteiger partial charge on any atom is -0.310 e. The Balaban J connectivity index is 1.85. The van der Waals surface area contributed by atoms with E-state index in [1.165, 1.54) is 50.0 Å². The van der Waals surface area contributed by atoms with Crippen molar-refractivity contribution in [3.8, 4) is 0 Å². The quantitative estimate of drug-likeness (QED) is 0.815. The van der Waals surface area contributed by atoms with E-state index in [9.17, 15) is 0 Å². The molecule has 1 unspecified atom stereocenters. The summed E-state index contributed by atoms with van der Waals surface area (Å²) in [7, 11) is 0. The first-order chi connectivity index (χ1) is 8.09. The van der Waals surface area contributed by atoms with Crippen LogP contribution in [0.5, 0.6) is 0 Å². The van der Waals surface area contributed by atoms with Crippen molar-refractivity contribution in [2.75, 3.05) is 11.5 Å². The second-order valence-electron chi connectivity index (χ2n) is 6.72. The summed E-state index contributed by atoms with van der Waals surface area (Å²) in [5, 5.41) is 3.96. The van der Waals surface area contributed by atoms with E-state index in [0.717, 1.165) is 18.0 Å². The number of hydrogen-bond donors (Lipinski definition) is 1. The zero-order valence-electron chi connectivity index (χ0n) is 11.8. The first-order valence-electron chi connectivity index (χ1n) is 7.43. The molecular formula is C15H29NS. The third kappa shape index (κ3) is 3.64. The van der Waals surface area contributed by atoms with Crippen LogP contribution in [0.4, 0.5) is 0 Å². The number of rotatable bonds is 3. The molecule has 2 atom stereocenters. The van der Waals surface area contributed by atoms with Crippen LogP contribution in [-0.4, -0.2) is 23.6 Å². The highest BCUT2D eigenvalue weighted by molar-refractivity contribution is 7.99. The van der Waals surface area contributed by atoms with Gasteiger partial charge in [-0.15, -0.1) is 0 Å². The van der Waals surface area contributed by atoms with Crippen molar-refractivity contribution in [3.05, 3.63) is 0 Å². The van der Waals surface area contributed by atoms with Crippen LogP contribution in [-0.2, 0) is 0 Å². The van der Waals surface area contributed by atoms with Crippen LogP contribution in [0.25, 0.3) is 0 Å². The number of thioether (sulfide) groups is 1. The molecule has 1 saturated heterocycles. The molecule has 0 radical (unpaired) electrons. The molecule has 0 spiro atoms. The molecule has 1 heterocycles. The second kappa shape index (κ2) is 5.97. The number of nitrogens with one attached hydrogen (secondary N) is 1. The van der Waals surface area contributed by atoms with Crippen molar-refractivity contribution >= 4 is 11.8 Å². The fourth-order valence-corrected chi connectivity index (χ4v) is 4.92. The van der Waals surface area contributed by atoms with Crippen molar-refractivity contribution in [1.82, 2.24) is 5.32 Å². The van der Waals surface area contributed by atoms with Crippen LogP contribution in [0.1, 0.15) is 59.3 Å². The van der Waals surface area contributed by atoms with Crippen molar-refractivity contribution in [1.29, 1.82) is 0 Å². The molecule has 1 saturated carbocycles. The molecule has 2 fully saturated rings. The third-order valence-electron chi connectivity index (χ3n) is 4.94. The summed E-state index contributed by atoms with van der Waals surface area (Å²) < 4.78 is 0. The molecule has 1 aliphatic heterocycles. The average Bonchev–Trinajstić information content (AvgIpc) is 2.33. The van der Waals surface area contributed by atoms with Gasteiger partial charge in [-0.25, -0.2) is 0 Å². The Hall–Kier alpha value is 0.310. The predicted octanol–water partition coefficient (Wildman–Crippen LogP) is 4.08. The van der Waals surface area contributed by atoms with Crippen LogP contribution in [0.2, 0.25) is 0 Å². The van der Waals surface area contributed by atoms with Gasteiger partial charge < -0.3 is 5.32 Å². The molecule has 0 amide bonds. The summed E-state index contributed by atoms with van der Waals surface area (Å²) in [5.74, 6) is 3.60.